The average molecular weight is 230 g/mol. The highest BCUT2D eigenvalue weighted by molar-refractivity contribution is 5.93. The van der Waals surface area contributed by atoms with Gasteiger partial charge >= 0.3 is 0 Å². The van der Waals surface area contributed by atoms with E-state index in [1.807, 2.05) is 12.1 Å². The third kappa shape index (κ3) is 3.51. The Balaban J connectivity index is 0.00000196. The van der Waals surface area contributed by atoms with Gasteiger partial charge in [-0.25, -0.2) is 5.84 Å². The number of nitrogens with zero attached hydrogens (tertiary/aromatic N) is 1. The molecule has 0 fully saturated rings. The Morgan fingerprint density at radius 3 is 2.00 bits per heavy atom. The minimum atomic E-state index is -0.266. The summed E-state index contributed by atoms with van der Waals surface area (Å²) in [5.41, 5.74) is 3.81. The van der Waals surface area contributed by atoms with Gasteiger partial charge < -0.3 is 12.4 Å². The fourth-order valence-corrected chi connectivity index (χ4v) is 1.14. The molecule has 0 saturated heterocycles. The Labute approximate surface area is 96.0 Å². The zero-order valence-corrected chi connectivity index (χ0v) is 9.88. The van der Waals surface area contributed by atoms with Crippen molar-refractivity contribution in [3.05, 3.63) is 29.8 Å². The number of halogens is 1. The van der Waals surface area contributed by atoms with Gasteiger partial charge in [-0.2, -0.15) is 0 Å². The maximum Gasteiger partial charge on any atom is 0.265 e. The van der Waals surface area contributed by atoms with E-state index in [1.165, 1.54) is 0 Å². The maximum atomic E-state index is 11.1. The summed E-state index contributed by atoms with van der Waals surface area (Å²) in [6.45, 7) is 0. The summed E-state index contributed by atoms with van der Waals surface area (Å²) in [6, 6.07) is 7.37. The lowest BCUT2D eigenvalue weighted by molar-refractivity contribution is -0.0000114. The summed E-state index contributed by atoms with van der Waals surface area (Å²) in [4.78, 5) is 11.1. The molecular formula is C10H16ClN3O. The first kappa shape index (κ1) is 13.9. The van der Waals surface area contributed by atoms with E-state index in [4.69, 9.17) is 5.84 Å². The van der Waals surface area contributed by atoms with Crippen LogP contribution < -0.4 is 28.2 Å². The lowest BCUT2D eigenvalue weighted by Crippen LogP contribution is -3.00. The number of amides is 1. The molecule has 1 aromatic rings. The Morgan fingerprint density at radius 1 is 1.20 bits per heavy atom. The third-order valence-corrected chi connectivity index (χ3v) is 2.04. The molecule has 3 N–H and O–H groups in total. The second kappa shape index (κ2) is 5.11. The molecule has 0 radical (unpaired) electrons. The van der Waals surface area contributed by atoms with Crippen LogP contribution in [0.4, 0.5) is 5.69 Å². The molecule has 5 heteroatoms. The van der Waals surface area contributed by atoms with E-state index in [1.54, 1.807) is 12.1 Å². The van der Waals surface area contributed by atoms with Gasteiger partial charge in [0.2, 0.25) is 0 Å². The van der Waals surface area contributed by atoms with Crippen LogP contribution in [-0.4, -0.2) is 27.1 Å². The largest absolute Gasteiger partial charge is 1.00 e. The highest BCUT2D eigenvalue weighted by atomic mass is 35.5. The lowest BCUT2D eigenvalue weighted by atomic mass is 10.2. The highest BCUT2D eigenvalue weighted by Gasteiger charge is 2.12. The van der Waals surface area contributed by atoms with Gasteiger partial charge in [-0.05, 0) is 24.3 Å². The van der Waals surface area contributed by atoms with Crippen molar-refractivity contribution in [1.82, 2.24) is 9.91 Å². The maximum absolute atomic E-state index is 11.1. The minimum Gasteiger partial charge on any atom is -1.00 e. The highest BCUT2D eigenvalue weighted by Crippen LogP contribution is 2.16. The standard InChI is InChI=1S/C10H15N3O.ClH/c1-13(2,3)9-6-4-8(5-7-9)10(14)12-11;/h4-7H,11H2,1-3H3;1H. The number of nitrogen functional groups attached to an aromatic ring is 1. The molecule has 0 saturated carbocycles. The zero-order valence-electron chi connectivity index (χ0n) is 9.12. The summed E-state index contributed by atoms with van der Waals surface area (Å²) >= 11 is 0. The van der Waals surface area contributed by atoms with Crippen molar-refractivity contribution in [2.75, 3.05) is 21.1 Å². The molecule has 0 unspecified atom stereocenters. The number of hydrogen-bond acceptors (Lipinski definition) is 2. The Bertz CT molecular complexity index is 330. The predicted octanol–water partition coefficient (Wildman–Crippen LogP) is -2.51. The quantitative estimate of drug-likeness (QED) is 0.255. The van der Waals surface area contributed by atoms with Gasteiger partial charge in [-0.1, -0.05) is 0 Å². The van der Waals surface area contributed by atoms with Gasteiger partial charge in [0.25, 0.3) is 5.91 Å². The van der Waals surface area contributed by atoms with E-state index in [0.29, 0.717) is 5.56 Å². The van der Waals surface area contributed by atoms with Crippen LogP contribution in [0.1, 0.15) is 10.4 Å². The summed E-state index contributed by atoms with van der Waals surface area (Å²) in [7, 11) is 6.20. The fraction of sp³-hybridized carbons (Fsp3) is 0.300. The van der Waals surface area contributed by atoms with Crippen LogP contribution >= 0.6 is 0 Å². The second-order valence-electron chi connectivity index (χ2n) is 4.03. The van der Waals surface area contributed by atoms with E-state index in [-0.39, 0.29) is 18.3 Å². The normalized spacial score (nSPS) is 10.4. The molecule has 1 amide bonds. The summed E-state index contributed by atoms with van der Waals surface area (Å²) in [5, 5.41) is 0. The van der Waals surface area contributed by atoms with Gasteiger partial charge in [0.1, 0.15) is 5.69 Å². The molecule has 0 aromatic heterocycles. The first-order valence-corrected chi connectivity index (χ1v) is 4.38. The van der Waals surface area contributed by atoms with Crippen molar-refractivity contribution in [3.8, 4) is 0 Å². The van der Waals surface area contributed by atoms with Gasteiger partial charge in [0, 0.05) is 5.56 Å². The Morgan fingerprint density at radius 2 is 1.67 bits per heavy atom. The number of hydrogen-bond donors (Lipinski definition) is 2. The molecule has 0 aliphatic heterocycles. The van der Waals surface area contributed by atoms with E-state index in [2.05, 4.69) is 26.6 Å². The molecule has 0 aliphatic carbocycles. The molecule has 15 heavy (non-hydrogen) atoms. The van der Waals surface area contributed by atoms with Crippen molar-refractivity contribution in [3.63, 3.8) is 0 Å². The summed E-state index contributed by atoms with van der Waals surface area (Å²) < 4.78 is 0.727. The molecule has 1 aromatic carbocycles. The average Bonchev–Trinajstić information content (AvgIpc) is 2.15. The van der Waals surface area contributed by atoms with Crippen molar-refractivity contribution in [2.45, 2.75) is 0 Å². The van der Waals surface area contributed by atoms with Gasteiger partial charge in [0.05, 0.1) is 21.1 Å². The van der Waals surface area contributed by atoms with Crippen LogP contribution in [0.15, 0.2) is 24.3 Å². The van der Waals surface area contributed by atoms with Crippen LogP contribution in [0.25, 0.3) is 0 Å². The van der Waals surface area contributed by atoms with Crippen molar-refractivity contribution in [2.24, 2.45) is 5.84 Å². The topological polar surface area (TPSA) is 55.1 Å². The van der Waals surface area contributed by atoms with Crippen molar-refractivity contribution >= 4 is 11.6 Å². The van der Waals surface area contributed by atoms with Gasteiger partial charge in [0.15, 0.2) is 0 Å². The van der Waals surface area contributed by atoms with Gasteiger partial charge in [-0.3, -0.25) is 14.7 Å². The summed E-state index contributed by atoms with van der Waals surface area (Å²) in [6.07, 6.45) is 0. The van der Waals surface area contributed by atoms with Crippen LogP contribution in [0.3, 0.4) is 0 Å². The minimum absolute atomic E-state index is 0. The lowest BCUT2D eigenvalue weighted by Gasteiger charge is -2.23. The smallest absolute Gasteiger partial charge is 0.265 e. The number of rotatable bonds is 2. The number of quaternary nitrogens is 1. The first-order chi connectivity index (χ1) is 6.45. The van der Waals surface area contributed by atoms with Crippen molar-refractivity contribution in [1.29, 1.82) is 0 Å². The zero-order chi connectivity index (χ0) is 10.8. The number of hydrazine groups is 1. The molecule has 0 heterocycles. The SMILES string of the molecule is C[N+](C)(C)c1ccc(C(=O)NN)cc1.[Cl-]. The molecule has 84 valence electrons. The van der Waals surface area contributed by atoms with Crippen LogP contribution in [-0.2, 0) is 0 Å². The number of benzene rings is 1. The predicted molar refractivity (Wildman–Crippen MR) is 57.7 cm³/mol. The molecule has 1 rings (SSSR count). The van der Waals surface area contributed by atoms with Crippen LogP contribution in [0.5, 0.6) is 0 Å². The molecule has 0 atom stereocenters. The third-order valence-electron chi connectivity index (χ3n) is 2.04. The monoisotopic (exact) mass is 229 g/mol. The van der Waals surface area contributed by atoms with Gasteiger partial charge in [-0.15, -0.1) is 0 Å². The number of nitrogens with two attached hydrogens (primary N) is 1. The molecular weight excluding hydrogens is 214 g/mol. The molecule has 0 bridgehead atoms. The van der Waals surface area contributed by atoms with Crippen LogP contribution in [0.2, 0.25) is 0 Å². The Hall–Kier alpha value is -1.10. The fourth-order valence-electron chi connectivity index (χ4n) is 1.14. The first-order valence-electron chi connectivity index (χ1n) is 4.38. The number of nitrogens with one attached hydrogen (secondary N) is 1. The van der Waals surface area contributed by atoms with E-state index < -0.39 is 0 Å². The second-order valence-corrected chi connectivity index (χ2v) is 4.03. The van der Waals surface area contributed by atoms with Crippen LogP contribution in [0, 0.1) is 0 Å². The number of carbonyl (C=O) groups excluding carboxylic acids is 1. The molecule has 4 nitrogen and oxygen atoms in total. The molecule has 0 aliphatic rings. The summed E-state index contributed by atoms with van der Waals surface area (Å²) in [5.74, 6) is 4.76. The van der Waals surface area contributed by atoms with E-state index >= 15 is 0 Å². The van der Waals surface area contributed by atoms with E-state index in [9.17, 15) is 4.79 Å². The van der Waals surface area contributed by atoms with Crippen molar-refractivity contribution < 1.29 is 17.2 Å². The number of carbonyl (C=O) groups is 1. The molecule has 0 spiro atoms. The Kier molecular flexibility index (Phi) is 4.74. The van der Waals surface area contributed by atoms with E-state index in [0.717, 1.165) is 10.2 Å².